The Balaban J connectivity index is 2.32. The Kier molecular flexibility index (Phi) is 3.00. The molecule has 2 aromatic rings. The van der Waals surface area contributed by atoms with Crippen molar-refractivity contribution >= 4 is 5.95 Å². The van der Waals surface area contributed by atoms with Crippen molar-refractivity contribution in [2.45, 2.75) is 6.92 Å². The molecule has 0 unspecified atom stereocenters. The molecule has 4 nitrogen and oxygen atoms in total. The smallest absolute Gasteiger partial charge is 0.207 e. The highest BCUT2D eigenvalue weighted by Gasteiger charge is 2.03. The van der Waals surface area contributed by atoms with Crippen LogP contribution in [-0.4, -0.2) is 21.1 Å². The summed E-state index contributed by atoms with van der Waals surface area (Å²) >= 11 is 0. The van der Waals surface area contributed by atoms with Crippen LogP contribution in [0.2, 0.25) is 0 Å². The molecule has 1 N–H and O–H groups in total. The molecular weight excluding hydrogens is 200 g/mol. The van der Waals surface area contributed by atoms with E-state index in [2.05, 4.69) is 27.9 Å². The molecule has 2 heterocycles. The largest absolute Gasteiger partial charge is 0.352 e. The van der Waals surface area contributed by atoms with Crippen molar-refractivity contribution in [3.63, 3.8) is 0 Å². The molecule has 0 saturated heterocycles. The van der Waals surface area contributed by atoms with Crippen LogP contribution in [0.5, 0.6) is 0 Å². The zero-order valence-corrected chi connectivity index (χ0v) is 9.22. The Labute approximate surface area is 94.7 Å². The van der Waals surface area contributed by atoms with Gasteiger partial charge < -0.3 is 5.32 Å². The van der Waals surface area contributed by atoms with Gasteiger partial charge in [0.2, 0.25) is 5.95 Å². The van der Waals surface area contributed by atoms with Crippen molar-refractivity contribution in [2.75, 3.05) is 11.9 Å². The fourth-order valence-corrected chi connectivity index (χ4v) is 1.48. The van der Waals surface area contributed by atoms with E-state index in [1.807, 2.05) is 30.1 Å². The van der Waals surface area contributed by atoms with Gasteiger partial charge in [0, 0.05) is 25.1 Å². The highest BCUT2D eigenvalue weighted by Crippen LogP contribution is 2.14. The maximum Gasteiger partial charge on any atom is 0.207 e. The highest BCUT2D eigenvalue weighted by molar-refractivity contribution is 5.41. The van der Waals surface area contributed by atoms with Crippen molar-refractivity contribution in [2.24, 2.45) is 0 Å². The fraction of sp³-hybridized carbons (Fsp3) is 0.167. The number of pyridine rings is 1. The number of aryl methyl sites for hydroxylation is 1. The maximum atomic E-state index is 4.24. The Morgan fingerprint density at radius 2 is 2.38 bits per heavy atom. The molecule has 0 saturated carbocycles. The topological polar surface area (TPSA) is 42.7 Å². The number of anilines is 1. The van der Waals surface area contributed by atoms with Crippen LogP contribution in [0.4, 0.5) is 5.95 Å². The van der Waals surface area contributed by atoms with Crippen LogP contribution in [0.15, 0.2) is 43.5 Å². The van der Waals surface area contributed by atoms with Gasteiger partial charge in [-0.3, -0.25) is 9.55 Å². The number of nitrogens with zero attached hydrogens (tertiary/aromatic N) is 3. The standard InChI is InChI=1S/C12H14N4/c1-3-4-14-12-15-5-6-16(12)11-7-10(2)8-13-9-11/h3,5-9H,1,4H2,2H3,(H,14,15). The van der Waals surface area contributed by atoms with Crippen LogP contribution >= 0.6 is 0 Å². The SMILES string of the molecule is C=CCNc1nccn1-c1cncc(C)c1. The van der Waals surface area contributed by atoms with Gasteiger partial charge in [0.05, 0.1) is 11.9 Å². The molecule has 0 atom stereocenters. The van der Waals surface area contributed by atoms with Crippen molar-refractivity contribution in [1.82, 2.24) is 14.5 Å². The van der Waals surface area contributed by atoms with E-state index >= 15 is 0 Å². The number of hydrogen-bond acceptors (Lipinski definition) is 3. The molecule has 0 aliphatic heterocycles. The molecule has 2 rings (SSSR count). The first-order chi connectivity index (χ1) is 7.81. The number of nitrogens with one attached hydrogen (secondary N) is 1. The van der Waals surface area contributed by atoms with Gasteiger partial charge in [0.1, 0.15) is 0 Å². The molecule has 0 spiro atoms. The van der Waals surface area contributed by atoms with E-state index in [0.29, 0.717) is 6.54 Å². The monoisotopic (exact) mass is 214 g/mol. The number of aromatic nitrogens is 3. The molecule has 0 radical (unpaired) electrons. The summed E-state index contributed by atoms with van der Waals surface area (Å²) in [6.45, 7) is 6.37. The van der Waals surface area contributed by atoms with E-state index < -0.39 is 0 Å². The van der Waals surface area contributed by atoms with Crippen LogP contribution in [0.1, 0.15) is 5.56 Å². The van der Waals surface area contributed by atoms with Gasteiger partial charge in [0.25, 0.3) is 0 Å². The van der Waals surface area contributed by atoms with Crippen molar-refractivity contribution in [1.29, 1.82) is 0 Å². The Hall–Kier alpha value is -2.10. The van der Waals surface area contributed by atoms with E-state index in [1.165, 1.54) is 0 Å². The van der Waals surface area contributed by atoms with Crippen LogP contribution in [-0.2, 0) is 0 Å². The van der Waals surface area contributed by atoms with Crippen molar-refractivity contribution in [3.05, 3.63) is 49.1 Å². The minimum absolute atomic E-state index is 0.691. The lowest BCUT2D eigenvalue weighted by atomic mass is 10.3. The first-order valence-electron chi connectivity index (χ1n) is 5.11. The average Bonchev–Trinajstić information content (AvgIpc) is 2.74. The van der Waals surface area contributed by atoms with Gasteiger partial charge in [-0.15, -0.1) is 6.58 Å². The summed E-state index contributed by atoms with van der Waals surface area (Å²) in [5.74, 6) is 0.798. The Morgan fingerprint density at radius 3 is 3.12 bits per heavy atom. The van der Waals surface area contributed by atoms with Gasteiger partial charge in [-0.25, -0.2) is 4.98 Å². The summed E-state index contributed by atoms with van der Waals surface area (Å²) in [7, 11) is 0. The summed E-state index contributed by atoms with van der Waals surface area (Å²) in [6.07, 6.45) is 9.11. The van der Waals surface area contributed by atoms with Gasteiger partial charge in [-0.05, 0) is 18.6 Å². The third kappa shape index (κ3) is 2.11. The number of imidazole rings is 1. The normalized spacial score (nSPS) is 10.1. The molecule has 0 aromatic carbocycles. The lowest BCUT2D eigenvalue weighted by Crippen LogP contribution is -2.05. The highest BCUT2D eigenvalue weighted by atomic mass is 15.2. The fourth-order valence-electron chi connectivity index (χ4n) is 1.48. The van der Waals surface area contributed by atoms with Crippen LogP contribution in [0.25, 0.3) is 5.69 Å². The average molecular weight is 214 g/mol. The lowest BCUT2D eigenvalue weighted by molar-refractivity contribution is 1.02. The van der Waals surface area contributed by atoms with E-state index in [-0.39, 0.29) is 0 Å². The molecule has 2 aromatic heterocycles. The van der Waals surface area contributed by atoms with E-state index in [1.54, 1.807) is 12.3 Å². The van der Waals surface area contributed by atoms with Crippen LogP contribution in [0.3, 0.4) is 0 Å². The van der Waals surface area contributed by atoms with Gasteiger partial charge in [0.15, 0.2) is 0 Å². The summed E-state index contributed by atoms with van der Waals surface area (Å²) in [6, 6.07) is 2.06. The van der Waals surface area contributed by atoms with Crippen LogP contribution < -0.4 is 5.32 Å². The van der Waals surface area contributed by atoms with E-state index in [9.17, 15) is 0 Å². The van der Waals surface area contributed by atoms with Crippen LogP contribution in [0, 0.1) is 6.92 Å². The van der Waals surface area contributed by atoms with Gasteiger partial charge >= 0.3 is 0 Å². The quantitative estimate of drug-likeness (QED) is 0.793. The minimum atomic E-state index is 0.691. The molecule has 0 bridgehead atoms. The van der Waals surface area contributed by atoms with E-state index in [4.69, 9.17) is 0 Å². The number of rotatable bonds is 4. The molecule has 0 amide bonds. The predicted octanol–water partition coefficient (Wildman–Crippen LogP) is 2.17. The van der Waals surface area contributed by atoms with Crippen molar-refractivity contribution in [3.8, 4) is 5.69 Å². The van der Waals surface area contributed by atoms with Crippen molar-refractivity contribution < 1.29 is 0 Å². The Bertz CT molecular complexity index is 487. The third-order valence-electron chi connectivity index (χ3n) is 2.18. The molecule has 0 aliphatic carbocycles. The summed E-state index contributed by atoms with van der Waals surface area (Å²) < 4.78 is 1.96. The molecule has 82 valence electrons. The first-order valence-corrected chi connectivity index (χ1v) is 5.11. The predicted molar refractivity (Wildman–Crippen MR) is 64.8 cm³/mol. The maximum absolute atomic E-state index is 4.24. The van der Waals surface area contributed by atoms with Gasteiger partial charge in [-0.2, -0.15) is 0 Å². The summed E-state index contributed by atoms with van der Waals surface area (Å²) in [5, 5.41) is 3.17. The summed E-state index contributed by atoms with van der Waals surface area (Å²) in [5.41, 5.74) is 2.13. The zero-order chi connectivity index (χ0) is 11.4. The molecule has 16 heavy (non-hydrogen) atoms. The zero-order valence-electron chi connectivity index (χ0n) is 9.22. The Morgan fingerprint density at radius 1 is 1.50 bits per heavy atom. The molecule has 4 heteroatoms. The second kappa shape index (κ2) is 4.61. The summed E-state index contributed by atoms with van der Waals surface area (Å²) in [4.78, 5) is 8.40. The van der Waals surface area contributed by atoms with E-state index in [0.717, 1.165) is 17.2 Å². The second-order valence-electron chi connectivity index (χ2n) is 3.51. The molecule has 0 aliphatic rings. The second-order valence-corrected chi connectivity index (χ2v) is 3.51. The minimum Gasteiger partial charge on any atom is -0.352 e. The number of hydrogen-bond donors (Lipinski definition) is 1. The first kappa shape index (κ1) is 10.4. The third-order valence-corrected chi connectivity index (χ3v) is 2.18. The lowest BCUT2D eigenvalue weighted by Gasteiger charge is -2.08. The molecule has 0 fully saturated rings. The molecular formula is C12H14N4. The van der Waals surface area contributed by atoms with Gasteiger partial charge in [-0.1, -0.05) is 6.08 Å².